The fourth-order valence-corrected chi connectivity index (χ4v) is 2.41. The van der Waals surface area contributed by atoms with Gasteiger partial charge in [-0.2, -0.15) is 0 Å². The van der Waals surface area contributed by atoms with E-state index in [-0.39, 0.29) is 6.10 Å². The first kappa shape index (κ1) is 15.8. The van der Waals surface area contributed by atoms with Crippen molar-refractivity contribution in [3.63, 3.8) is 0 Å². The standard InChI is InChI=1S/C10H20BrO5P/c1-10(2)13-7-9(16-10)8-15-17(12-3)14-6-4-5-11/h9H,4-8H2,1-3H3/t9-,17?/m1/s1. The molecule has 0 radical (unpaired) electrons. The van der Waals surface area contributed by atoms with E-state index in [1.54, 1.807) is 7.11 Å². The molecular formula is C10H20BrO5P. The van der Waals surface area contributed by atoms with E-state index < -0.39 is 14.4 Å². The maximum Gasteiger partial charge on any atom is 0.332 e. The van der Waals surface area contributed by atoms with Crippen LogP contribution in [0.15, 0.2) is 0 Å². The third kappa shape index (κ3) is 6.43. The Morgan fingerprint density at radius 1 is 1.41 bits per heavy atom. The van der Waals surface area contributed by atoms with Crippen molar-refractivity contribution in [3.8, 4) is 0 Å². The molecule has 0 aromatic carbocycles. The Balaban J connectivity index is 2.15. The Bertz CT molecular complexity index is 217. The van der Waals surface area contributed by atoms with Crippen LogP contribution >= 0.6 is 24.5 Å². The molecule has 1 fully saturated rings. The zero-order valence-electron chi connectivity index (χ0n) is 10.5. The summed E-state index contributed by atoms with van der Waals surface area (Å²) in [6.45, 7) is 5.37. The summed E-state index contributed by atoms with van der Waals surface area (Å²) in [5.74, 6) is -0.513. The summed E-state index contributed by atoms with van der Waals surface area (Å²) in [5, 5.41) is 0.910. The molecule has 1 aliphatic rings. The average molecular weight is 331 g/mol. The van der Waals surface area contributed by atoms with Crippen molar-refractivity contribution in [2.24, 2.45) is 0 Å². The van der Waals surface area contributed by atoms with Crippen molar-refractivity contribution in [1.82, 2.24) is 0 Å². The van der Waals surface area contributed by atoms with Gasteiger partial charge in [-0.15, -0.1) is 0 Å². The predicted molar refractivity (Wildman–Crippen MR) is 69.1 cm³/mol. The van der Waals surface area contributed by atoms with Crippen LogP contribution in [0.2, 0.25) is 0 Å². The molecule has 1 rings (SSSR count). The second kappa shape index (κ2) is 8.00. The fourth-order valence-electron chi connectivity index (χ4n) is 1.33. The molecule has 0 saturated carbocycles. The molecule has 1 unspecified atom stereocenters. The van der Waals surface area contributed by atoms with E-state index in [4.69, 9.17) is 23.0 Å². The van der Waals surface area contributed by atoms with Gasteiger partial charge in [-0.05, 0) is 20.3 Å². The van der Waals surface area contributed by atoms with E-state index in [0.29, 0.717) is 19.8 Å². The molecule has 102 valence electrons. The Morgan fingerprint density at radius 3 is 2.71 bits per heavy atom. The summed E-state index contributed by atoms with van der Waals surface area (Å²) in [4.78, 5) is 0. The largest absolute Gasteiger partial charge is 0.348 e. The van der Waals surface area contributed by atoms with Gasteiger partial charge in [0.05, 0.1) is 19.8 Å². The topological polar surface area (TPSA) is 46.2 Å². The summed E-state index contributed by atoms with van der Waals surface area (Å²) >= 11 is 3.34. The van der Waals surface area contributed by atoms with Crippen LogP contribution in [0, 0.1) is 0 Å². The van der Waals surface area contributed by atoms with Gasteiger partial charge in [-0.1, -0.05) is 15.9 Å². The van der Waals surface area contributed by atoms with E-state index in [9.17, 15) is 0 Å². The third-order valence-corrected chi connectivity index (χ3v) is 3.67. The van der Waals surface area contributed by atoms with Crippen molar-refractivity contribution in [2.75, 3.05) is 32.3 Å². The normalized spacial score (nSPS) is 25.1. The number of rotatable bonds is 8. The first-order valence-corrected chi connectivity index (χ1v) is 7.77. The lowest BCUT2D eigenvalue weighted by Gasteiger charge is -2.18. The van der Waals surface area contributed by atoms with Gasteiger partial charge in [0.15, 0.2) is 5.79 Å². The minimum atomic E-state index is -1.27. The molecule has 0 aliphatic carbocycles. The van der Waals surface area contributed by atoms with Gasteiger partial charge in [0.1, 0.15) is 6.10 Å². The summed E-state index contributed by atoms with van der Waals surface area (Å²) in [6, 6.07) is 0. The van der Waals surface area contributed by atoms with Crippen LogP contribution in [0.3, 0.4) is 0 Å². The lowest BCUT2D eigenvalue weighted by molar-refractivity contribution is -0.141. The van der Waals surface area contributed by atoms with Crippen LogP contribution in [0.25, 0.3) is 0 Å². The summed E-state index contributed by atoms with van der Waals surface area (Å²) in [5.41, 5.74) is 0. The van der Waals surface area contributed by atoms with Gasteiger partial charge in [0.2, 0.25) is 0 Å². The van der Waals surface area contributed by atoms with Crippen LogP contribution in [-0.2, 0) is 23.0 Å². The minimum absolute atomic E-state index is 0.0510. The minimum Gasteiger partial charge on any atom is -0.348 e. The average Bonchev–Trinajstić information content (AvgIpc) is 2.63. The van der Waals surface area contributed by atoms with Crippen molar-refractivity contribution >= 4 is 24.5 Å². The van der Waals surface area contributed by atoms with Gasteiger partial charge in [0.25, 0.3) is 0 Å². The van der Waals surface area contributed by atoms with Crippen LogP contribution in [0.1, 0.15) is 20.3 Å². The fraction of sp³-hybridized carbons (Fsp3) is 1.00. The predicted octanol–water partition coefficient (Wildman–Crippen LogP) is 2.83. The van der Waals surface area contributed by atoms with Crippen molar-refractivity contribution in [2.45, 2.75) is 32.2 Å². The molecule has 0 aromatic heterocycles. The van der Waals surface area contributed by atoms with E-state index >= 15 is 0 Å². The van der Waals surface area contributed by atoms with Crippen molar-refractivity contribution in [1.29, 1.82) is 0 Å². The zero-order valence-corrected chi connectivity index (χ0v) is 13.0. The summed E-state index contributed by atoms with van der Waals surface area (Å²) in [6.07, 6.45) is 0.881. The molecular weight excluding hydrogens is 311 g/mol. The quantitative estimate of drug-likeness (QED) is 0.389. The van der Waals surface area contributed by atoms with Gasteiger partial charge in [-0.25, -0.2) is 0 Å². The molecule has 1 saturated heterocycles. The highest BCUT2D eigenvalue weighted by molar-refractivity contribution is 9.09. The molecule has 0 spiro atoms. The van der Waals surface area contributed by atoms with Crippen LogP contribution in [0.5, 0.6) is 0 Å². The highest BCUT2D eigenvalue weighted by atomic mass is 79.9. The molecule has 0 amide bonds. The first-order valence-electron chi connectivity index (χ1n) is 5.55. The van der Waals surface area contributed by atoms with Crippen molar-refractivity contribution < 1.29 is 23.0 Å². The van der Waals surface area contributed by atoms with Crippen molar-refractivity contribution in [3.05, 3.63) is 0 Å². The smallest absolute Gasteiger partial charge is 0.332 e. The second-order valence-electron chi connectivity index (χ2n) is 4.03. The Kier molecular flexibility index (Phi) is 7.42. The Hall–Kier alpha value is 0.710. The highest BCUT2D eigenvalue weighted by Crippen LogP contribution is 2.39. The Labute approximate surface area is 112 Å². The second-order valence-corrected chi connectivity index (χ2v) is 6.15. The monoisotopic (exact) mass is 330 g/mol. The molecule has 5 nitrogen and oxygen atoms in total. The van der Waals surface area contributed by atoms with Crippen LogP contribution < -0.4 is 0 Å². The summed E-state index contributed by atoms with van der Waals surface area (Å²) in [7, 11) is 0.306. The number of hydrogen-bond donors (Lipinski definition) is 0. The van der Waals surface area contributed by atoms with Gasteiger partial charge < -0.3 is 23.0 Å². The number of alkyl halides is 1. The SMILES string of the molecule is COP(OCCCBr)OC[C@H]1COC(C)(C)O1. The number of halogens is 1. The molecule has 0 bridgehead atoms. The van der Waals surface area contributed by atoms with E-state index in [1.807, 2.05) is 13.8 Å². The van der Waals surface area contributed by atoms with Crippen LogP contribution in [-0.4, -0.2) is 44.2 Å². The molecule has 0 aromatic rings. The molecule has 1 heterocycles. The first-order chi connectivity index (χ1) is 8.07. The molecule has 7 heteroatoms. The Morgan fingerprint density at radius 2 is 2.18 bits per heavy atom. The van der Waals surface area contributed by atoms with Gasteiger partial charge in [0, 0.05) is 12.4 Å². The lowest BCUT2D eigenvalue weighted by atomic mass is 10.4. The van der Waals surface area contributed by atoms with E-state index in [1.165, 1.54) is 0 Å². The zero-order chi connectivity index (χ0) is 12.7. The van der Waals surface area contributed by atoms with Crippen LogP contribution in [0.4, 0.5) is 0 Å². The molecule has 0 N–H and O–H groups in total. The van der Waals surface area contributed by atoms with E-state index in [0.717, 1.165) is 11.8 Å². The third-order valence-electron chi connectivity index (χ3n) is 2.06. The van der Waals surface area contributed by atoms with Gasteiger partial charge >= 0.3 is 8.60 Å². The maximum absolute atomic E-state index is 5.61. The number of ether oxygens (including phenoxy) is 2. The molecule has 2 atom stereocenters. The summed E-state index contributed by atoms with van der Waals surface area (Å²) < 4.78 is 27.1. The lowest BCUT2D eigenvalue weighted by Crippen LogP contribution is -2.23. The van der Waals surface area contributed by atoms with E-state index in [2.05, 4.69) is 15.9 Å². The van der Waals surface area contributed by atoms with Gasteiger partial charge in [-0.3, -0.25) is 0 Å². The maximum atomic E-state index is 5.61. The molecule has 1 aliphatic heterocycles. The highest BCUT2D eigenvalue weighted by Gasteiger charge is 2.33. The molecule has 17 heavy (non-hydrogen) atoms. The number of hydrogen-bond acceptors (Lipinski definition) is 5.